The maximum atomic E-state index is 10.1. The molecule has 0 unspecified atom stereocenters. The third kappa shape index (κ3) is 1.97. The molecule has 0 aliphatic carbocycles. The lowest BCUT2D eigenvalue weighted by Gasteiger charge is -2.12. The van der Waals surface area contributed by atoms with E-state index in [4.69, 9.17) is 19.7 Å². The Hall–Kier alpha value is -1.89. The number of nitrogen functional groups attached to an aromatic ring is 1. The van der Waals surface area contributed by atoms with Gasteiger partial charge in [0, 0.05) is 6.07 Å². The predicted octanol–water partition coefficient (Wildman–Crippen LogP) is 2.41. The van der Waals surface area contributed by atoms with E-state index in [9.17, 15) is 5.11 Å². The second kappa shape index (κ2) is 4.77. The summed E-state index contributed by atoms with van der Waals surface area (Å²) in [5.74, 6) is 1.38. The molecule has 1 aromatic carbocycles. The van der Waals surface area contributed by atoms with E-state index in [-0.39, 0.29) is 11.6 Å². The SMILES string of the molecule is COc1cc(-c2cc(N)no2)c(O)c(Br)c1OC. The van der Waals surface area contributed by atoms with E-state index in [1.54, 1.807) is 6.07 Å². The van der Waals surface area contributed by atoms with Crippen molar-refractivity contribution in [1.29, 1.82) is 0 Å². The summed E-state index contributed by atoms with van der Waals surface area (Å²) in [5, 5.41) is 13.6. The van der Waals surface area contributed by atoms with Crippen molar-refractivity contribution in [1.82, 2.24) is 5.16 Å². The number of anilines is 1. The molecule has 3 N–H and O–H groups in total. The van der Waals surface area contributed by atoms with Crippen LogP contribution in [0.4, 0.5) is 5.82 Å². The number of aromatic hydroxyl groups is 1. The van der Waals surface area contributed by atoms with Crippen LogP contribution in [0.2, 0.25) is 0 Å². The molecule has 7 heteroatoms. The summed E-state index contributed by atoms with van der Waals surface area (Å²) in [6.07, 6.45) is 0. The Morgan fingerprint density at radius 3 is 2.56 bits per heavy atom. The van der Waals surface area contributed by atoms with Crippen LogP contribution in [-0.4, -0.2) is 24.5 Å². The van der Waals surface area contributed by atoms with Crippen molar-refractivity contribution in [2.75, 3.05) is 20.0 Å². The first kappa shape index (κ1) is 12.6. The van der Waals surface area contributed by atoms with Gasteiger partial charge in [0.15, 0.2) is 23.1 Å². The highest BCUT2D eigenvalue weighted by Gasteiger charge is 2.20. The Morgan fingerprint density at radius 1 is 1.33 bits per heavy atom. The highest BCUT2D eigenvalue weighted by molar-refractivity contribution is 9.10. The Morgan fingerprint density at radius 2 is 2.06 bits per heavy atom. The topological polar surface area (TPSA) is 90.7 Å². The van der Waals surface area contributed by atoms with Crippen molar-refractivity contribution in [3.05, 3.63) is 16.6 Å². The van der Waals surface area contributed by atoms with Gasteiger partial charge < -0.3 is 24.8 Å². The summed E-state index contributed by atoms with van der Waals surface area (Å²) in [7, 11) is 2.98. The van der Waals surface area contributed by atoms with Crippen LogP contribution in [0.5, 0.6) is 17.2 Å². The number of halogens is 1. The smallest absolute Gasteiger partial charge is 0.178 e. The standard InChI is InChI=1S/C11H11BrN2O4/c1-16-7-3-5(6-4-8(13)14-18-6)10(15)9(12)11(7)17-2/h3-4,15H,1-2H3,(H2,13,14). The highest BCUT2D eigenvalue weighted by atomic mass is 79.9. The molecule has 0 amide bonds. The number of rotatable bonds is 3. The van der Waals surface area contributed by atoms with Crippen LogP contribution >= 0.6 is 15.9 Å². The maximum Gasteiger partial charge on any atom is 0.178 e. The van der Waals surface area contributed by atoms with E-state index in [0.29, 0.717) is 27.3 Å². The average Bonchev–Trinajstić information content (AvgIpc) is 2.78. The number of methoxy groups -OCH3 is 2. The van der Waals surface area contributed by atoms with Crippen LogP contribution in [0.1, 0.15) is 0 Å². The molecule has 0 atom stereocenters. The van der Waals surface area contributed by atoms with Gasteiger partial charge in [-0.1, -0.05) is 5.16 Å². The summed E-state index contributed by atoms with van der Waals surface area (Å²) in [6.45, 7) is 0. The number of ether oxygens (including phenoxy) is 2. The number of hydrogen-bond donors (Lipinski definition) is 2. The number of phenolic OH excluding ortho intramolecular Hbond substituents is 1. The number of hydrogen-bond acceptors (Lipinski definition) is 6. The number of phenols is 1. The van der Waals surface area contributed by atoms with Crippen LogP contribution in [-0.2, 0) is 0 Å². The second-order valence-electron chi connectivity index (χ2n) is 3.44. The fraction of sp³-hybridized carbons (Fsp3) is 0.182. The average molecular weight is 315 g/mol. The molecule has 2 rings (SSSR count). The predicted molar refractivity (Wildman–Crippen MR) is 68.8 cm³/mol. The zero-order valence-corrected chi connectivity index (χ0v) is 11.3. The molecule has 1 heterocycles. The Labute approximate surface area is 111 Å². The van der Waals surface area contributed by atoms with Gasteiger partial charge in [-0.2, -0.15) is 0 Å². The van der Waals surface area contributed by atoms with Gasteiger partial charge in [0.25, 0.3) is 0 Å². The maximum absolute atomic E-state index is 10.1. The minimum atomic E-state index is -0.0381. The molecule has 0 saturated carbocycles. The Balaban J connectivity index is 2.65. The molecule has 0 bridgehead atoms. The van der Waals surface area contributed by atoms with Gasteiger partial charge in [-0.3, -0.25) is 0 Å². The zero-order chi connectivity index (χ0) is 13.3. The van der Waals surface area contributed by atoms with Crippen molar-refractivity contribution < 1.29 is 19.1 Å². The van der Waals surface area contributed by atoms with E-state index in [1.807, 2.05) is 0 Å². The van der Waals surface area contributed by atoms with Gasteiger partial charge in [0.1, 0.15) is 10.2 Å². The second-order valence-corrected chi connectivity index (χ2v) is 4.23. The molecular formula is C11H11BrN2O4. The van der Waals surface area contributed by atoms with Gasteiger partial charge >= 0.3 is 0 Å². The van der Waals surface area contributed by atoms with E-state index >= 15 is 0 Å². The summed E-state index contributed by atoms with van der Waals surface area (Å²) in [5.41, 5.74) is 5.88. The third-order valence-corrected chi connectivity index (χ3v) is 3.12. The molecule has 0 aliphatic rings. The largest absolute Gasteiger partial charge is 0.506 e. The van der Waals surface area contributed by atoms with E-state index < -0.39 is 0 Å². The number of benzene rings is 1. The normalized spacial score (nSPS) is 10.4. The molecule has 0 fully saturated rings. The molecule has 2 aromatic rings. The number of nitrogens with two attached hydrogens (primary N) is 1. The fourth-order valence-electron chi connectivity index (χ4n) is 1.54. The summed E-state index contributed by atoms with van der Waals surface area (Å²) in [4.78, 5) is 0. The van der Waals surface area contributed by atoms with Gasteiger partial charge in [-0.05, 0) is 22.0 Å². The first-order chi connectivity index (χ1) is 8.58. The lowest BCUT2D eigenvalue weighted by atomic mass is 10.1. The molecule has 0 saturated heterocycles. The van der Waals surface area contributed by atoms with Crippen molar-refractivity contribution in [3.63, 3.8) is 0 Å². The lowest BCUT2D eigenvalue weighted by Crippen LogP contribution is -1.93. The summed E-state index contributed by atoms with van der Waals surface area (Å²) >= 11 is 3.24. The number of nitrogens with zero attached hydrogens (tertiary/aromatic N) is 1. The van der Waals surface area contributed by atoms with Crippen molar-refractivity contribution in [2.24, 2.45) is 0 Å². The molecule has 1 aromatic heterocycles. The van der Waals surface area contributed by atoms with Crippen LogP contribution < -0.4 is 15.2 Å². The molecule has 6 nitrogen and oxygen atoms in total. The summed E-state index contributed by atoms with van der Waals surface area (Å²) in [6, 6.07) is 3.09. The molecule has 0 aliphatic heterocycles. The molecule has 0 radical (unpaired) electrons. The summed E-state index contributed by atoms with van der Waals surface area (Å²) < 4.78 is 15.7. The van der Waals surface area contributed by atoms with E-state index in [2.05, 4.69) is 21.1 Å². The minimum Gasteiger partial charge on any atom is -0.506 e. The fourth-order valence-corrected chi connectivity index (χ4v) is 2.12. The minimum absolute atomic E-state index is 0.0381. The number of aromatic nitrogens is 1. The van der Waals surface area contributed by atoms with Crippen LogP contribution in [0.25, 0.3) is 11.3 Å². The Kier molecular flexibility index (Phi) is 3.33. The monoisotopic (exact) mass is 314 g/mol. The van der Waals surface area contributed by atoms with Crippen LogP contribution in [0.3, 0.4) is 0 Å². The van der Waals surface area contributed by atoms with Gasteiger partial charge in [-0.15, -0.1) is 0 Å². The third-order valence-electron chi connectivity index (χ3n) is 2.38. The van der Waals surface area contributed by atoms with Crippen molar-refractivity contribution >= 4 is 21.7 Å². The first-order valence-corrected chi connectivity index (χ1v) is 5.73. The molecule has 18 heavy (non-hydrogen) atoms. The van der Waals surface area contributed by atoms with Crippen molar-refractivity contribution in [2.45, 2.75) is 0 Å². The van der Waals surface area contributed by atoms with Crippen LogP contribution in [0.15, 0.2) is 21.1 Å². The van der Waals surface area contributed by atoms with E-state index in [0.717, 1.165) is 0 Å². The van der Waals surface area contributed by atoms with Crippen molar-refractivity contribution in [3.8, 4) is 28.6 Å². The molecule has 0 spiro atoms. The molecule has 96 valence electrons. The van der Waals surface area contributed by atoms with E-state index in [1.165, 1.54) is 20.3 Å². The molecular weight excluding hydrogens is 304 g/mol. The van der Waals surface area contributed by atoms with Gasteiger partial charge in [-0.25, -0.2) is 0 Å². The first-order valence-electron chi connectivity index (χ1n) is 4.94. The van der Waals surface area contributed by atoms with Crippen LogP contribution in [0, 0.1) is 0 Å². The zero-order valence-electron chi connectivity index (χ0n) is 9.73. The van der Waals surface area contributed by atoms with Gasteiger partial charge in [0.05, 0.1) is 19.8 Å². The highest BCUT2D eigenvalue weighted by Crippen LogP contribution is 2.47. The lowest BCUT2D eigenvalue weighted by molar-refractivity contribution is 0.348. The Bertz CT molecular complexity index is 583. The van der Waals surface area contributed by atoms with Gasteiger partial charge in [0.2, 0.25) is 0 Å². The quantitative estimate of drug-likeness (QED) is 0.904.